The third kappa shape index (κ3) is 7.29. The maximum atomic E-state index is 10.2. The van der Waals surface area contributed by atoms with E-state index in [-0.39, 0.29) is 6.61 Å². The van der Waals surface area contributed by atoms with Gasteiger partial charge >= 0.3 is 0 Å². The van der Waals surface area contributed by atoms with Crippen LogP contribution in [0.1, 0.15) is 20.3 Å². The van der Waals surface area contributed by atoms with Crippen LogP contribution in [-0.4, -0.2) is 19.1 Å². The summed E-state index contributed by atoms with van der Waals surface area (Å²) >= 11 is 0. The Morgan fingerprint density at radius 1 is 1.73 bits per heavy atom. The number of carbonyl (C=O) groups is 1. The van der Waals surface area contributed by atoms with Gasteiger partial charge in [-0.3, -0.25) is 9.63 Å². The topological polar surface area (TPSA) is 64.3 Å². The molecule has 0 aromatic carbocycles. The van der Waals surface area contributed by atoms with Crippen molar-refractivity contribution in [1.82, 2.24) is 5.48 Å². The SMILES string of the molecule is CCC(C)CNOCC(N)=O. The highest BCUT2D eigenvalue weighted by Crippen LogP contribution is 1.96. The molecule has 0 aliphatic carbocycles. The molecule has 3 N–H and O–H groups in total. The van der Waals surface area contributed by atoms with Crippen molar-refractivity contribution in [2.45, 2.75) is 20.3 Å². The molecule has 4 heteroatoms. The summed E-state index contributed by atoms with van der Waals surface area (Å²) in [6.45, 7) is 4.89. The van der Waals surface area contributed by atoms with Crippen molar-refractivity contribution in [3.05, 3.63) is 0 Å². The molecule has 0 aromatic heterocycles. The molecule has 0 fully saturated rings. The monoisotopic (exact) mass is 160 g/mol. The second kappa shape index (κ2) is 6.12. The molecule has 0 saturated carbocycles. The van der Waals surface area contributed by atoms with Gasteiger partial charge < -0.3 is 5.73 Å². The minimum Gasteiger partial charge on any atom is -0.368 e. The molecule has 0 heterocycles. The van der Waals surface area contributed by atoms with Gasteiger partial charge in [0.25, 0.3) is 0 Å². The van der Waals surface area contributed by atoms with E-state index in [9.17, 15) is 4.79 Å². The Hall–Kier alpha value is -0.610. The molecule has 0 bridgehead atoms. The minimum absolute atomic E-state index is 0.0591. The van der Waals surface area contributed by atoms with E-state index in [2.05, 4.69) is 19.3 Å². The van der Waals surface area contributed by atoms with Gasteiger partial charge in [0.05, 0.1) is 0 Å². The lowest BCUT2D eigenvalue weighted by atomic mass is 10.1. The number of nitrogens with one attached hydrogen (secondary N) is 1. The van der Waals surface area contributed by atoms with Crippen molar-refractivity contribution >= 4 is 5.91 Å². The van der Waals surface area contributed by atoms with E-state index in [1.54, 1.807) is 0 Å². The Balaban J connectivity index is 3.08. The van der Waals surface area contributed by atoms with Crippen LogP contribution in [0.4, 0.5) is 0 Å². The van der Waals surface area contributed by atoms with Crippen LogP contribution in [0.15, 0.2) is 0 Å². The van der Waals surface area contributed by atoms with Crippen LogP contribution in [0.25, 0.3) is 0 Å². The molecule has 0 radical (unpaired) electrons. The molecule has 0 aromatic rings. The molecule has 1 amide bonds. The second-order valence-corrected chi connectivity index (χ2v) is 2.62. The van der Waals surface area contributed by atoms with Crippen LogP contribution in [0.3, 0.4) is 0 Å². The van der Waals surface area contributed by atoms with E-state index in [0.29, 0.717) is 5.92 Å². The molecule has 0 rings (SSSR count). The zero-order valence-corrected chi connectivity index (χ0v) is 7.09. The van der Waals surface area contributed by atoms with Crippen LogP contribution in [0, 0.1) is 5.92 Å². The van der Waals surface area contributed by atoms with Gasteiger partial charge in [-0.05, 0) is 5.92 Å². The molecular weight excluding hydrogens is 144 g/mol. The molecule has 0 aliphatic heterocycles. The van der Waals surface area contributed by atoms with Gasteiger partial charge in [-0.2, -0.15) is 0 Å². The predicted octanol–water partition coefficient (Wildman–Crippen LogP) is 0.0390. The first-order valence-electron chi connectivity index (χ1n) is 3.79. The first kappa shape index (κ1) is 10.4. The van der Waals surface area contributed by atoms with Crippen molar-refractivity contribution in [2.75, 3.05) is 13.2 Å². The fourth-order valence-corrected chi connectivity index (χ4v) is 0.468. The number of amides is 1. The van der Waals surface area contributed by atoms with Crippen molar-refractivity contribution in [3.8, 4) is 0 Å². The Morgan fingerprint density at radius 2 is 2.36 bits per heavy atom. The standard InChI is InChI=1S/C7H16N2O2/c1-3-6(2)4-9-11-5-7(8)10/h6,9H,3-5H2,1-2H3,(H2,8,10). The zero-order chi connectivity index (χ0) is 8.69. The summed E-state index contributed by atoms with van der Waals surface area (Å²) in [6, 6.07) is 0. The summed E-state index contributed by atoms with van der Waals surface area (Å²) in [7, 11) is 0. The average Bonchev–Trinajstić information content (AvgIpc) is 1.97. The maximum Gasteiger partial charge on any atom is 0.245 e. The van der Waals surface area contributed by atoms with Gasteiger partial charge in [0, 0.05) is 6.54 Å². The highest BCUT2D eigenvalue weighted by molar-refractivity contribution is 5.74. The van der Waals surface area contributed by atoms with Crippen LogP contribution < -0.4 is 11.2 Å². The number of nitrogens with two attached hydrogens (primary N) is 1. The maximum absolute atomic E-state index is 10.2. The normalized spacial score (nSPS) is 12.9. The lowest BCUT2D eigenvalue weighted by Gasteiger charge is -2.08. The number of hydrogen-bond acceptors (Lipinski definition) is 3. The lowest BCUT2D eigenvalue weighted by Crippen LogP contribution is -2.27. The van der Waals surface area contributed by atoms with Crippen LogP contribution >= 0.6 is 0 Å². The van der Waals surface area contributed by atoms with E-state index in [4.69, 9.17) is 10.6 Å². The van der Waals surface area contributed by atoms with E-state index in [1.165, 1.54) is 0 Å². The fourth-order valence-electron chi connectivity index (χ4n) is 0.468. The van der Waals surface area contributed by atoms with Crippen LogP contribution in [0.5, 0.6) is 0 Å². The second-order valence-electron chi connectivity index (χ2n) is 2.62. The predicted molar refractivity (Wildman–Crippen MR) is 42.6 cm³/mol. The Kier molecular flexibility index (Phi) is 5.78. The van der Waals surface area contributed by atoms with Gasteiger partial charge in [0.15, 0.2) is 0 Å². The van der Waals surface area contributed by atoms with Gasteiger partial charge in [0.2, 0.25) is 5.91 Å². The highest BCUT2D eigenvalue weighted by atomic mass is 16.6. The number of carbonyl (C=O) groups excluding carboxylic acids is 1. The third-order valence-electron chi connectivity index (χ3n) is 1.45. The molecule has 1 unspecified atom stereocenters. The van der Waals surface area contributed by atoms with Crippen molar-refractivity contribution in [3.63, 3.8) is 0 Å². The summed E-state index contributed by atoms with van der Waals surface area (Å²) < 4.78 is 0. The average molecular weight is 160 g/mol. The molecular formula is C7H16N2O2. The van der Waals surface area contributed by atoms with E-state index in [1.807, 2.05) is 0 Å². The summed E-state index contributed by atoms with van der Waals surface area (Å²) in [6.07, 6.45) is 1.09. The summed E-state index contributed by atoms with van der Waals surface area (Å²) in [5.74, 6) is 0.101. The molecule has 1 atom stereocenters. The van der Waals surface area contributed by atoms with Crippen molar-refractivity contribution in [2.24, 2.45) is 11.7 Å². The molecule has 11 heavy (non-hydrogen) atoms. The van der Waals surface area contributed by atoms with E-state index >= 15 is 0 Å². The third-order valence-corrected chi connectivity index (χ3v) is 1.45. The number of primary amides is 1. The molecule has 4 nitrogen and oxygen atoms in total. The Morgan fingerprint density at radius 3 is 2.82 bits per heavy atom. The van der Waals surface area contributed by atoms with E-state index in [0.717, 1.165) is 13.0 Å². The highest BCUT2D eigenvalue weighted by Gasteiger charge is 1.98. The smallest absolute Gasteiger partial charge is 0.245 e. The summed E-state index contributed by atoms with van der Waals surface area (Å²) in [5, 5.41) is 0. The fraction of sp³-hybridized carbons (Fsp3) is 0.857. The summed E-state index contributed by atoms with van der Waals surface area (Å²) in [4.78, 5) is 14.9. The number of rotatable bonds is 6. The molecule has 66 valence electrons. The zero-order valence-electron chi connectivity index (χ0n) is 7.09. The van der Waals surface area contributed by atoms with Gasteiger partial charge in [-0.25, -0.2) is 5.48 Å². The first-order valence-corrected chi connectivity index (χ1v) is 3.79. The van der Waals surface area contributed by atoms with E-state index < -0.39 is 5.91 Å². The molecule has 0 aliphatic rings. The Labute approximate surface area is 67.0 Å². The van der Waals surface area contributed by atoms with Crippen molar-refractivity contribution in [1.29, 1.82) is 0 Å². The van der Waals surface area contributed by atoms with Crippen molar-refractivity contribution < 1.29 is 9.63 Å². The van der Waals surface area contributed by atoms with Gasteiger partial charge in [-0.15, -0.1) is 0 Å². The molecule has 0 saturated heterocycles. The van der Waals surface area contributed by atoms with Crippen LogP contribution in [0.2, 0.25) is 0 Å². The summed E-state index contributed by atoms with van der Waals surface area (Å²) in [5.41, 5.74) is 7.50. The Bertz CT molecular complexity index is 117. The molecule has 0 spiro atoms. The lowest BCUT2D eigenvalue weighted by molar-refractivity contribution is -0.125. The number of hydrogen-bond donors (Lipinski definition) is 2. The van der Waals surface area contributed by atoms with Crippen LogP contribution in [-0.2, 0) is 9.63 Å². The number of hydroxylamine groups is 1. The first-order chi connectivity index (χ1) is 5.16. The minimum atomic E-state index is -0.457. The quantitative estimate of drug-likeness (QED) is 0.426. The largest absolute Gasteiger partial charge is 0.368 e. The van der Waals surface area contributed by atoms with Gasteiger partial charge in [0.1, 0.15) is 6.61 Å². The van der Waals surface area contributed by atoms with Gasteiger partial charge in [-0.1, -0.05) is 20.3 Å².